The zero-order chi connectivity index (χ0) is 17.2. The number of halogens is 1. The van der Waals surface area contributed by atoms with Crippen molar-refractivity contribution in [3.05, 3.63) is 58.1 Å². The summed E-state index contributed by atoms with van der Waals surface area (Å²) in [7, 11) is 0. The average molecular weight is 374 g/mol. The molecule has 7 heteroatoms. The van der Waals surface area contributed by atoms with Gasteiger partial charge in [-0.3, -0.25) is 0 Å². The first-order valence-corrected chi connectivity index (χ1v) is 8.67. The molecule has 0 N–H and O–H groups in total. The molecule has 5 nitrogen and oxygen atoms in total. The minimum absolute atomic E-state index is 0.0966. The Labute approximate surface area is 152 Å². The van der Waals surface area contributed by atoms with E-state index in [1.807, 2.05) is 24.3 Å². The Morgan fingerprint density at radius 1 is 1.32 bits per heavy atom. The van der Waals surface area contributed by atoms with Crippen LogP contribution in [0.3, 0.4) is 0 Å². The molecule has 126 valence electrons. The SMILES string of the molecule is O=C(/C=C/c1nc2ccccc2s1)OCc1cc(Cl)c2c(c1)OCO2. The fraction of sp³-hybridized carbons (Fsp3) is 0.111. The monoisotopic (exact) mass is 373 g/mol. The summed E-state index contributed by atoms with van der Waals surface area (Å²) in [6.45, 7) is 0.239. The van der Waals surface area contributed by atoms with E-state index in [0.717, 1.165) is 20.8 Å². The highest BCUT2D eigenvalue weighted by atomic mass is 35.5. The number of esters is 1. The minimum atomic E-state index is -0.451. The number of ether oxygens (including phenoxy) is 3. The third-order valence-corrected chi connectivity index (χ3v) is 4.82. The summed E-state index contributed by atoms with van der Waals surface area (Å²) in [4.78, 5) is 16.3. The van der Waals surface area contributed by atoms with Crippen LogP contribution in [-0.4, -0.2) is 17.7 Å². The quantitative estimate of drug-likeness (QED) is 0.500. The molecule has 0 saturated carbocycles. The second-order valence-corrected chi connectivity index (χ2v) is 6.74. The lowest BCUT2D eigenvalue weighted by Gasteiger charge is -2.05. The van der Waals surface area contributed by atoms with E-state index in [9.17, 15) is 4.79 Å². The molecular formula is C18H12ClNO4S. The Bertz CT molecular complexity index is 949. The Hall–Kier alpha value is -2.57. The van der Waals surface area contributed by atoms with Crippen LogP contribution in [0.5, 0.6) is 11.5 Å². The number of para-hydroxylation sites is 1. The van der Waals surface area contributed by atoms with E-state index in [0.29, 0.717) is 16.5 Å². The lowest BCUT2D eigenvalue weighted by atomic mass is 10.2. The van der Waals surface area contributed by atoms with Crippen LogP contribution in [0.4, 0.5) is 0 Å². The summed E-state index contributed by atoms with van der Waals surface area (Å²) >= 11 is 7.62. The van der Waals surface area contributed by atoms with Gasteiger partial charge in [-0.15, -0.1) is 11.3 Å². The summed E-state index contributed by atoms with van der Waals surface area (Å²) in [5, 5.41) is 1.19. The van der Waals surface area contributed by atoms with E-state index in [-0.39, 0.29) is 13.4 Å². The van der Waals surface area contributed by atoms with Gasteiger partial charge >= 0.3 is 5.97 Å². The molecular weight excluding hydrogens is 362 g/mol. The number of hydrogen-bond acceptors (Lipinski definition) is 6. The van der Waals surface area contributed by atoms with E-state index in [2.05, 4.69) is 4.98 Å². The van der Waals surface area contributed by atoms with Crippen molar-refractivity contribution in [2.45, 2.75) is 6.61 Å². The third-order valence-electron chi connectivity index (χ3n) is 3.54. The number of thiazole rings is 1. The molecule has 1 aliphatic heterocycles. The Balaban J connectivity index is 1.40. The summed E-state index contributed by atoms with van der Waals surface area (Å²) < 4.78 is 16.8. The van der Waals surface area contributed by atoms with Crippen LogP contribution in [0, 0.1) is 0 Å². The maximum absolute atomic E-state index is 11.9. The first-order valence-electron chi connectivity index (χ1n) is 7.47. The number of carbonyl (C=O) groups excluding carboxylic acids is 1. The Morgan fingerprint density at radius 3 is 3.08 bits per heavy atom. The maximum Gasteiger partial charge on any atom is 0.331 e. The third kappa shape index (κ3) is 3.45. The van der Waals surface area contributed by atoms with Crippen LogP contribution >= 0.6 is 22.9 Å². The second-order valence-electron chi connectivity index (χ2n) is 5.27. The van der Waals surface area contributed by atoms with Crippen molar-refractivity contribution in [3.63, 3.8) is 0 Å². The van der Waals surface area contributed by atoms with Crippen LogP contribution in [0.25, 0.3) is 16.3 Å². The second kappa shape index (κ2) is 6.74. The fourth-order valence-corrected chi connectivity index (χ4v) is 3.57. The molecule has 2 heterocycles. The lowest BCUT2D eigenvalue weighted by Crippen LogP contribution is -2.00. The van der Waals surface area contributed by atoms with E-state index >= 15 is 0 Å². The zero-order valence-electron chi connectivity index (χ0n) is 12.9. The van der Waals surface area contributed by atoms with E-state index in [1.165, 1.54) is 17.4 Å². The van der Waals surface area contributed by atoms with Gasteiger partial charge in [-0.2, -0.15) is 0 Å². The van der Waals surface area contributed by atoms with Crippen molar-refractivity contribution in [1.82, 2.24) is 4.98 Å². The zero-order valence-corrected chi connectivity index (χ0v) is 14.5. The van der Waals surface area contributed by atoms with Gasteiger partial charge < -0.3 is 14.2 Å². The van der Waals surface area contributed by atoms with Gasteiger partial charge in [0.15, 0.2) is 11.5 Å². The Kier molecular flexibility index (Phi) is 4.29. The maximum atomic E-state index is 11.9. The molecule has 2 aromatic carbocycles. The van der Waals surface area contributed by atoms with Crippen LogP contribution in [0.2, 0.25) is 5.02 Å². The number of benzene rings is 2. The van der Waals surface area contributed by atoms with Crippen molar-refractivity contribution in [2.75, 3.05) is 6.79 Å². The fourth-order valence-electron chi connectivity index (χ4n) is 2.41. The predicted molar refractivity (Wildman–Crippen MR) is 96.0 cm³/mol. The number of nitrogens with zero attached hydrogens (tertiary/aromatic N) is 1. The Morgan fingerprint density at radius 2 is 2.20 bits per heavy atom. The molecule has 0 fully saturated rings. The topological polar surface area (TPSA) is 57.7 Å². The van der Waals surface area contributed by atoms with Gasteiger partial charge in [0.05, 0.1) is 15.2 Å². The minimum Gasteiger partial charge on any atom is -0.458 e. The molecule has 0 unspecified atom stereocenters. The van der Waals surface area contributed by atoms with Gasteiger partial charge in [0.25, 0.3) is 0 Å². The molecule has 25 heavy (non-hydrogen) atoms. The summed E-state index contributed by atoms with van der Waals surface area (Å²) in [5.74, 6) is 0.629. The average Bonchev–Trinajstić information content (AvgIpc) is 3.24. The standard InChI is InChI=1S/C18H12ClNO4S/c19-12-7-11(8-14-18(12)24-10-23-14)9-22-17(21)6-5-16-20-13-3-1-2-4-15(13)25-16/h1-8H,9-10H2/b6-5+. The molecule has 0 bridgehead atoms. The molecule has 0 amide bonds. The molecule has 0 aliphatic carbocycles. The van der Waals surface area contributed by atoms with Crippen LogP contribution in [0.15, 0.2) is 42.5 Å². The van der Waals surface area contributed by atoms with E-state index in [1.54, 1.807) is 18.2 Å². The lowest BCUT2D eigenvalue weighted by molar-refractivity contribution is -0.138. The first-order chi connectivity index (χ1) is 12.2. The number of fused-ring (bicyclic) bond motifs is 2. The smallest absolute Gasteiger partial charge is 0.331 e. The highest BCUT2D eigenvalue weighted by Crippen LogP contribution is 2.39. The normalized spacial score (nSPS) is 12.8. The molecule has 1 aromatic heterocycles. The molecule has 0 saturated heterocycles. The number of hydrogen-bond donors (Lipinski definition) is 0. The van der Waals surface area contributed by atoms with Crippen LogP contribution in [0.1, 0.15) is 10.6 Å². The number of carbonyl (C=O) groups is 1. The predicted octanol–water partition coefficient (Wildman–Crippen LogP) is 4.44. The van der Waals surface area contributed by atoms with Gasteiger partial charge in [-0.25, -0.2) is 9.78 Å². The summed E-state index contributed by atoms with van der Waals surface area (Å²) in [5.41, 5.74) is 1.64. The molecule has 4 rings (SSSR count). The van der Waals surface area contributed by atoms with Crippen molar-refractivity contribution >= 4 is 45.2 Å². The first kappa shape index (κ1) is 15.9. The molecule has 0 radical (unpaired) electrons. The van der Waals surface area contributed by atoms with E-state index in [4.69, 9.17) is 25.8 Å². The van der Waals surface area contributed by atoms with Crippen molar-refractivity contribution in [2.24, 2.45) is 0 Å². The van der Waals surface area contributed by atoms with Crippen LogP contribution < -0.4 is 9.47 Å². The highest BCUT2D eigenvalue weighted by molar-refractivity contribution is 7.19. The van der Waals surface area contributed by atoms with E-state index < -0.39 is 5.97 Å². The van der Waals surface area contributed by atoms with Gasteiger partial charge in [-0.1, -0.05) is 23.7 Å². The van der Waals surface area contributed by atoms with Crippen LogP contribution in [-0.2, 0) is 16.1 Å². The highest BCUT2D eigenvalue weighted by Gasteiger charge is 2.18. The summed E-state index contributed by atoms with van der Waals surface area (Å²) in [6.07, 6.45) is 3.02. The molecule has 0 atom stereocenters. The van der Waals surface area contributed by atoms with Crippen molar-refractivity contribution < 1.29 is 19.0 Å². The number of aromatic nitrogens is 1. The largest absolute Gasteiger partial charge is 0.458 e. The van der Waals surface area contributed by atoms with Gasteiger partial charge in [-0.05, 0) is 35.9 Å². The van der Waals surface area contributed by atoms with Gasteiger partial charge in [0.2, 0.25) is 6.79 Å². The molecule has 1 aliphatic rings. The summed E-state index contributed by atoms with van der Waals surface area (Å²) in [6, 6.07) is 11.3. The number of rotatable bonds is 4. The van der Waals surface area contributed by atoms with Gasteiger partial charge in [0, 0.05) is 6.08 Å². The molecule has 3 aromatic rings. The molecule has 0 spiro atoms. The van der Waals surface area contributed by atoms with Crippen molar-refractivity contribution in [1.29, 1.82) is 0 Å². The van der Waals surface area contributed by atoms with Gasteiger partial charge in [0.1, 0.15) is 11.6 Å². The van der Waals surface area contributed by atoms with Crippen molar-refractivity contribution in [3.8, 4) is 11.5 Å².